The van der Waals surface area contributed by atoms with Crippen molar-refractivity contribution < 1.29 is 27.7 Å². The molecule has 142 valence electrons. The monoisotopic (exact) mass is 392 g/mol. The van der Waals surface area contributed by atoms with Crippen LogP contribution >= 0.6 is 0 Å². The Bertz CT molecular complexity index is 1020. The number of nitrogens with zero attached hydrogens (tertiary/aromatic N) is 1. The van der Waals surface area contributed by atoms with Crippen molar-refractivity contribution >= 4 is 33.1 Å². The summed E-state index contributed by atoms with van der Waals surface area (Å²) in [5, 5.41) is 13.5. The molecule has 0 saturated heterocycles. The summed E-state index contributed by atoms with van der Waals surface area (Å²) >= 11 is 0. The normalized spacial score (nSPS) is 10.9. The minimum Gasteiger partial charge on any atom is -0.462 e. The lowest BCUT2D eigenvalue weighted by molar-refractivity contribution is -0.384. The van der Waals surface area contributed by atoms with Gasteiger partial charge >= 0.3 is 5.97 Å². The van der Waals surface area contributed by atoms with Gasteiger partial charge in [0.05, 0.1) is 22.0 Å². The first-order chi connectivity index (χ1) is 12.6. The zero-order valence-corrected chi connectivity index (χ0v) is 15.3. The number of esters is 1. The molecule has 0 aliphatic heterocycles. The van der Waals surface area contributed by atoms with Gasteiger partial charge < -0.3 is 10.1 Å². The third-order valence-corrected chi connectivity index (χ3v) is 4.53. The molecular formula is C17H16N2O7S. The number of anilines is 1. The summed E-state index contributed by atoms with van der Waals surface area (Å²) in [5.41, 5.74) is -0.541. The molecule has 0 heterocycles. The number of nitrogens with one attached hydrogen (secondary N) is 1. The zero-order chi connectivity index (χ0) is 20.2. The number of non-ortho nitro benzene ring substituents is 1. The smallest absolute Gasteiger partial charge is 0.338 e. The van der Waals surface area contributed by atoms with Crippen LogP contribution in [0.5, 0.6) is 0 Å². The van der Waals surface area contributed by atoms with Crippen molar-refractivity contribution in [2.75, 3.05) is 18.2 Å². The molecule has 10 heteroatoms. The Morgan fingerprint density at radius 1 is 1.15 bits per heavy atom. The van der Waals surface area contributed by atoms with Gasteiger partial charge in [0.1, 0.15) is 0 Å². The molecule has 1 amide bonds. The SMILES string of the molecule is CCOC(=O)c1cc(C(=O)Nc2cccc(S(C)(=O)=O)c2)cc([N+](=O)[O-])c1. The highest BCUT2D eigenvalue weighted by molar-refractivity contribution is 7.90. The fourth-order valence-electron chi connectivity index (χ4n) is 2.19. The molecule has 0 atom stereocenters. The second kappa shape index (κ2) is 7.96. The average molecular weight is 392 g/mol. The van der Waals surface area contributed by atoms with E-state index in [1.165, 1.54) is 30.3 Å². The minimum absolute atomic E-state index is 0.00607. The third-order valence-electron chi connectivity index (χ3n) is 3.42. The molecule has 9 nitrogen and oxygen atoms in total. The van der Waals surface area contributed by atoms with Crippen LogP contribution < -0.4 is 5.32 Å². The maximum absolute atomic E-state index is 12.4. The molecule has 0 aliphatic rings. The van der Waals surface area contributed by atoms with Crippen molar-refractivity contribution in [2.45, 2.75) is 11.8 Å². The molecule has 2 aromatic rings. The fraction of sp³-hybridized carbons (Fsp3) is 0.176. The number of benzene rings is 2. The van der Waals surface area contributed by atoms with E-state index in [0.29, 0.717) is 0 Å². The Hall–Kier alpha value is -3.27. The second-order valence-electron chi connectivity index (χ2n) is 5.50. The number of hydrogen-bond donors (Lipinski definition) is 1. The molecule has 27 heavy (non-hydrogen) atoms. The van der Waals surface area contributed by atoms with Crippen LogP contribution in [0, 0.1) is 10.1 Å². The molecule has 1 N–H and O–H groups in total. The molecule has 0 aliphatic carbocycles. The first-order valence-electron chi connectivity index (χ1n) is 7.70. The average Bonchev–Trinajstić information content (AvgIpc) is 2.61. The summed E-state index contributed by atoms with van der Waals surface area (Å²) in [4.78, 5) is 34.7. The summed E-state index contributed by atoms with van der Waals surface area (Å²) in [6, 6.07) is 8.74. The Balaban J connectivity index is 2.38. The van der Waals surface area contributed by atoms with Crippen molar-refractivity contribution in [2.24, 2.45) is 0 Å². The van der Waals surface area contributed by atoms with Crippen molar-refractivity contribution in [3.63, 3.8) is 0 Å². The lowest BCUT2D eigenvalue weighted by Gasteiger charge is -2.08. The van der Waals surface area contributed by atoms with Gasteiger partial charge in [-0.3, -0.25) is 14.9 Å². The molecule has 0 aromatic heterocycles. The van der Waals surface area contributed by atoms with Crippen LogP contribution in [0.4, 0.5) is 11.4 Å². The highest BCUT2D eigenvalue weighted by Crippen LogP contribution is 2.21. The minimum atomic E-state index is -3.47. The summed E-state index contributed by atoms with van der Waals surface area (Å²) in [7, 11) is -3.47. The number of nitro groups is 1. The van der Waals surface area contributed by atoms with E-state index < -0.39 is 32.3 Å². The number of ether oxygens (including phenoxy) is 1. The summed E-state index contributed by atoms with van der Waals surface area (Å²) in [5.74, 6) is -1.54. The van der Waals surface area contributed by atoms with Crippen molar-refractivity contribution in [3.05, 3.63) is 63.7 Å². The van der Waals surface area contributed by atoms with E-state index in [0.717, 1.165) is 18.4 Å². The van der Waals surface area contributed by atoms with Crippen LogP contribution in [0.1, 0.15) is 27.6 Å². The van der Waals surface area contributed by atoms with E-state index in [-0.39, 0.29) is 28.3 Å². The van der Waals surface area contributed by atoms with E-state index in [1.807, 2.05) is 0 Å². The molecular weight excluding hydrogens is 376 g/mol. The van der Waals surface area contributed by atoms with Gasteiger partial charge in [0.25, 0.3) is 11.6 Å². The Morgan fingerprint density at radius 3 is 2.41 bits per heavy atom. The molecule has 2 rings (SSSR count). The molecule has 0 radical (unpaired) electrons. The topological polar surface area (TPSA) is 133 Å². The summed E-state index contributed by atoms with van der Waals surface area (Å²) < 4.78 is 28.0. The first-order valence-corrected chi connectivity index (χ1v) is 9.59. The van der Waals surface area contributed by atoms with Gasteiger partial charge in [0, 0.05) is 29.6 Å². The van der Waals surface area contributed by atoms with Gasteiger partial charge in [-0.25, -0.2) is 13.2 Å². The predicted octanol–water partition coefficient (Wildman–Crippen LogP) is 2.43. The second-order valence-corrected chi connectivity index (χ2v) is 7.52. The van der Waals surface area contributed by atoms with Crippen molar-refractivity contribution in [3.8, 4) is 0 Å². The van der Waals surface area contributed by atoms with E-state index in [4.69, 9.17) is 4.74 Å². The zero-order valence-electron chi connectivity index (χ0n) is 14.5. The standard InChI is InChI=1S/C17H16N2O7S/c1-3-26-17(21)12-7-11(8-14(9-12)19(22)23)16(20)18-13-5-4-6-15(10-13)27(2,24)25/h4-10H,3H2,1-2H3,(H,18,20). The highest BCUT2D eigenvalue weighted by atomic mass is 32.2. The number of carbonyl (C=O) groups is 2. The maximum atomic E-state index is 12.4. The molecule has 2 aromatic carbocycles. The summed E-state index contributed by atoms with van der Waals surface area (Å²) in [6.45, 7) is 1.65. The van der Waals surface area contributed by atoms with Crippen molar-refractivity contribution in [1.82, 2.24) is 0 Å². The highest BCUT2D eigenvalue weighted by Gasteiger charge is 2.19. The Labute approximate surface area is 155 Å². The van der Waals surface area contributed by atoms with E-state index in [2.05, 4.69) is 5.32 Å². The number of amides is 1. The van der Waals surface area contributed by atoms with Crippen LogP contribution in [0.25, 0.3) is 0 Å². The van der Waals surface area contributed by atoms with E-state index in [9.17, 15) is 28.1 Å². The van der Waals surface area contributed by atoms with Crippen molar-refractivity contribution in [1.29, 1.82) is 0 Å². The number of hydrogen-bond acceptors (Lipinski definition) is 7. The number of sulfone groups is 1. The molecule has 0 saturated carbocycles. The van der Waals surface area contributed by atoms with Crippen LogP contribution in [0.3, 0.4) is 0 Å². The lowest BCUT2D eigenvalue weighted by Crippen LogP contribution is -2.14. The maximum Gasteiger partial charge on any atom is 0.338 e. The van der Waals surface area contributed by atoms with Crippen LogP contribution in [-0.4, -0.2) is 38.1 Å². The van der Waals surface area contributed by atoms with Crippen LogP contribution in [0.2, 0.25) is 0 Å². The Kier molecular flexibility index (Phi) is 5.91. The van der Waals surface area contributed by atoms with Gasteiger partial charge in [-0.1, -0.05) is 6.07 Å². The Morgan fingerprint density at radius 2 is 1.81 bits per heavy atom. The van der Waals surface area contributed by atoms with Gasteiger partial charge in [0.2, 0.25) is 0 Å². The summed E-state index contributed by atoms with van der Waals surface area (Å²) in [6.07, 6.45) is 1.03. The third kappa shape index (κ3) is 5.11. The van der Waals surface area contributed by atoms with Gasteiger partial charge in [-0.05, 0) is 31.2 Å². The number of rotatable bonds is 6. The first kappa shape index (κ1) is 20.0. The quantitative estimate of drug-likeness (QED) is 0.453. The van der Waals surface area contributed by atoms with Crippen LogP contribution in [-0.2, 0) is 14.6 Å². The lowest BCUT2D eigenvalue weighted by atomic mass is 10.1. The molecule has 0 spiro atoms. The number of nitro benzene ring substituents is 1. The predicted molar refractivity (Wildman–Crippen MR) is 96.6 cm³/mol. The molecule has 0 unspecified atom stereocenters. The van der Waals surface area contributed by atoms with E-state index >= 15 is 0 Å². The van der Waals surface area contributed by atoms with Crippen LogP contribution in [0.15, 0.2) is 47.4 Å². The number of carbonyl (C=O) groups excluding carboxylic acids is 2. The fourth-order valence-corrected chi connectivity index (χ4v) is 2.85. The van der Waals surface area contributed by atoms with Gasteiger partial charge in [-0.15, -0.1) is 0 Å². The molecule has 0 bridgehead atoms. The largest absolute Gasteiger partial charge is 0.462 e. The molecule has 0 fully saturated rings. The van der Waals surface area contributed by atoms with Gasteiger partial charge in [-0.2, -0.15) is 0 Å². The van der Waals surface area contributed by atoms with Gasteiger partial charge in [0.15, 0.2) is 9.84 Å². The van der Waals surface area contributed by atoms with E-state index in [1.54, 1.807) is 6.92 Å².